The second kappa shape index (κ2) is 10.7. The van der Waals surface area contributed by atoms with Gasteiger partial charge < -0.3 is 9.04 Å². The van der Waals surface area contributed by atoms with Crippen LogP contribution in [-0.4, -0.2) is 19.3 Å². The van der Waals surface area contributed by atoms with Crippen LogP contribution in [-0.2, 0) is 27.4 Å². The Hall–Kier alpha value is -2.24. The monoisotopic (exact) mass is 389 g/mol. The number of halogens is 1. The molecule has 0 amide bonds. The Morgan fingerprint density at radius 2 is 1.81 bits per heavy atom. The van der Waals surface area contributed by atoms with Gasteiger partial charge in [0.2, 0.25) is 0 Å². The average molecular weight is 390 g/mol. The van der Waals surface area contributed by atoms with E-state index in [2.05, 4.69) is 0 Å². The van der Waals surface area contributed by atoms with Crippen molar-refractivity contribution in [2.75, 3.05) is 11.4 Å². The first-order valence-electron chi connectivity index (χ1n) is 8.09. The molecule has 0 aliphatic carbocycles. The minimum Gasteiger partial charge on any atom is -0.461 e. The SMILES string of the molecule is CN(S/C(Cl)=C\C=O)c1ccc(CCC(=O)OCc2ccccc2)cc1. The molecule has 0 fully saturated rings. The van der Waals surface area contributed by atoms with Gasteiger partial charge in [0.15, 0.2) is 0 Å². The molecule has 26 heavy (non-hydrogen) atoms. The highest BCUT2D eigenvalue weighted by atomic mass is 35.5. The largest absolute Gasteiger partial charge is 0.461 e. The van der Waals surface area contributed by atoms with Crippen molar-refractivity contribution in [3.05, 3.63) is 76.2 Å². The highest BCUT2D eigenvalue weighted by molar-refractivity contribution is 8.05. The van der Waals surface area contributed by atoms with Crippen LogP contribution in [0.2, 0.25) is 0 Å². The standard InChI is InChI=1S/C20H20ClNO3S/c1-22(26-19(21)13-14-23)18-10-7-16(8-11-18)9-12-20(24)25-15-17-5-3-2-4-6-17/h2-8,10-11,13-14H,9,12,15H2,1H3/b19-13-. The Balaban J connectivity index is 1.78. The van der Waals surface area contributed by atoms with Crippen LogP contribution in [0, 0.1) is 0 Å². The number of ether oxygens (including phenoxy) is 1. The number of carbonyl (C=O) groups is 2. The van der Waals surface area contributed by atoms with Gasteiger partial charge in [-0.25, -0.2) is 0 Å². The summed E-state index contributed by atoms with van der Waals surface area (Å²) in [5.41, 5.74) is 2.98. The summed E-state index contributed by atoms with van der Waals surface area (Å²) >= 11 is 7.18. The highest BCUT2D eigenvalue weighted by Gasteiger charge is 2.07. The number of nitrogens with zero attached hydrogens (tertiary/aromatic N) is 1. The second-order valence-electron chi connectivity index (χ2n) is 5.51. The zero-order valence-corrected chi connectivity index (χ0v) is 16.0. The first-order chi connectivity index (χ1) is 12.6. The van der Waals surface area contributed by atoms with E-state index in [0.29, 0.717) is 30.1 Å². The number of anilines is 1. The number of hydrogen-bond donors (Lipinski definition) is 0. The van der Waals surface area contributed by atoms with Crippen molar-refractivity contribution in [1.29, 1.82) is 0 Å². The summed E-state index contributed by atoms with van der Waals surface area (Å²) < 4.78 is 7.54. The van der Waals surface area contributed by atoms with Gasteiger partial charge in [-0.1, -0.05) is 54.1 Å². The maximum Gasteiger partial charge on any atom is 0.306 e. The van der Waals surface area contributed by atoms with Gasteiger partial charge in [0.25, 0.3) is 0 Å². The van der Waals surface area contributed by atoms with Gasteiger partial charge in [0.1, 0.15) is 12.9 Å². The highest BCUT2D eigenvalue weighted by Crippen LogP contribution is 2.28. The topological polar surface area (TPSA) is 46.6 Å². The van der Waals surface area contributed by atoms with E-state index in [4.69, 9.17) is 16.3 Å². The van der Waals surface area contributed by atoms with Crippen molar-refractivity contribution in [3.8, 4) is 0 Å². The van der Waals surface area contributed by atoms with Crippen LogP contribution in [0.1, 0.15) is 17.5 Å². The molecular formula is C20H20ClNO3S. The van der Waals surface area contributed by atoms with Crippen LogP contribution in [0.5, 0.6) is 0 Å². The average Bonchev–Trinajstić information content (AvgIpc) is 2.66. The Labute approximate surface area is 162 Å². The van der Waals surface area contributed by atoms with Crippen LogP contribution in [0.3, 0.4) is 0 Å². The number of hydrogen-bond acceptors (Lipinski definition) is 5. The Morgan fingerprint density at radius 1 is 1.12 bits per heavy atom. The first kappa shape index (κ1) is 20.1. The summed E-state index contributed by atoms with van der Waals surface area (Å²) in [6.07, 6.45) is 2.92. The lowest BCUT2D eigenvalue weighted by molar-refractivity contribution is -0.144. The number of esters is 1. The minimum absolute atomic E-state index is 0.212. The van der Waals surface area contributed by atoms with E-state index in [1.807, 2.05) is 66.0 Å². The molecular weight excluding hydrogens is 370 g/mol. The molecule has 0 radical (unpaired) electrons. The van der Waals surface area contributed by atoms with Gasteiger partial charge in [-0.05, 0) is 29.7 Å². The predicted octanol–water partition coefficient (Wildman–Crippen LogP) is 4.73. The van der Waals surface area contributed by atoms with E-state index in [1.165, 1.54) is 18.0 Å². The summed E-state index contributed by atoms with van der Waals surface area (Å²) in [5, 5.41) is 0. The van der Waals surface area contributed by atoms with Crippen LogP contribution in [0.4, 0.5) is 5.69 Å². The van der Waals surface area contributed by atoms with Gasteiger partial charge >= 0.3 is 5.97 Å². The third kappa shape index (κ3) is 6.94. The minimum atomic E-state index is -0.212. The van der Waals surface area contributed by atoms with Crippen molar-refractivity contribution < 1.29 is 14.3 Å². The van der Waals surface area contributed by atoms with Gasteiger partial charge in [-0.2, -0.15) is 0 Å². The van der Waals surface area contributed by atoms with Crippen molar-refractivity contribution >= 4 is 41.5 Å². The molecule has 0 saturated heterocycles. The van der Waals surface area contributed by atoms with Crippen molar-refractivity contribution in [3.63, 3.8) is 0 Å². The van der Waals surface area contributed by atoms with E-state index in [0.717, 1.165) is 16.8 Å². The third-order valence-electron chi connectivity index (χ3n) is 3.58. The van der Waals surface area contributed by atoms with Gasteiger partial charge in [0, 0.05) is 37.2 Å². The smallest absolute Gasteiger partial charge is 0.306 e. The van der Waals surface area contributed by atoms with E-state index >= 15 is 0 Å². The summed E-state index contributed by atoms with van der Waals surface area (Å²) in [7, 11) is 1.86. The molecule has 2 aromatic rings. The molecule has 0 bridgehead atoms. The van der Waals surface area contributed by atoms with Crippen LogP contribution in [0.25, 0.3) is 0 Å². The third-order valence-corrected chi connectivity index (χ3v) is 4.71. The number of aryl methyl sites for hydroxylation is 1. The lowest BCUT2D eigenvalue weighted by Crippen LogP contribution is -2.07. The fourth-order valence-electron chi connectivity index (χ4n) is 2.20. The molecule has 0 aliphatic rings. The molecule has 0 spiro atoms. The summed E-state index contributed by atoms with van der Waals surface area (Å²) in [6, 6.07) is 17.4. The lowest BCUT2D eigenvalue weighted by atomic mass is 10.1. The molecule has 0 saturated carbocycles. The molecule has 0 heterocycles. The van der Waals surface area contributed by atoms with Crippen LogP contribution >= 0.6 is 23.5 Å². The fourth-order valence-corrected chi connectivity index (χ4v) is 3.16. The Bertz CT molecular complexity index is 747. The Morgan fingerprint density at radius 3 is 2.46 bits per heavy atom. The van der Waals surface area contributed by atoms with E-state index < -0.39 is 0 Å². The Kier molecular flexibility index (Phi) is 8.25. The number of allylic oxidation sites excluding steroid dienone is 1. The molecule has 0 atom stereocenters. The zero-order chi connectivity index (χ0) is 18.8. The number of aldehydes is 1. The predicted molar refractivity (Wildman–Crippen MR) is 107 cm³/mol. The maximum absolute atomic E-state index is 11.9. The number of rotatable bonds is 9. The molecule has 0 N–H and O–H groups in total. The number of benzene rings is 2. The van der Waals surface area contributed by atoms with Gasteiger partial charge in [0.05, 0.1) is 4.36 Å². The molecule has 0 aliphatic heterocycles. The fraction of sp³-hybridized carbons (Fsp3) is 0.200. The van der Waals surface area contributed by atoms with E-state index in [1.54, 1.807) is 0 Å². The van der Waals surface area contributed by atoms with Crippen molar-refractivity contribution in [2.24, 2.45) is 0 Å². The summed E-state index contributed by atoms with van der Waals surface area (Å²) in [4.78, 5) is 22.3. The molecule has 0 aromatic heterocycles. The van der Waals surface area contributed by atoms with Crippen molar-refractivity contribution in [1.82, 2.24) is 0 Å². The lowest BCUT2D eigenvalue weighted by Gasteiger charge is -2.17. The molecule has 0 unspecified atom stereocenters. The van der Waals surface area contributed by atoms with Gasteiger partial charge in [-0.15, -0.1) is 0 Å². The molecule has 2 rings (SSSR count). The molecule has 136 valence electrons. The quantitative estimate of drug-likeness (QED) is 0.268. The van der Waals surface area contributed by atoms with Crippen LogP contribution < -0.4 is 4.31 Å². The van der Waals surface area contributed by atoms with Crippen LogP contribution in [0.15, 0.2) is 65.0 Å². The second-order valence-corrected chi connectivity index (χ2v) is 7.31. The normalized spacial score (nSPS) is 11.1. The first-order valence-corrected chi connectivity index (χ1v) is 9.25. The van der Waals surface area contributed by atoms with E-state index in [9.17, 15) is 9.59 Å². The van der Waals surface area contributed by atoms with Gasteiger partial charge in [-0.3, -0.25) is 9.59 Å². The maximum atomic E-state index is 11.9. The molecule has 2 aromatic carbocycles. The van der Waals surface area contributed by atoms with E-state index in [-0.39, 0.29) is 5.97 Å². The van der Waals surface area contributed by atoms with Crippen molar-refractivity contribution in [2.45, 2.75) is 19.4 Å². The summed E-state index contributed by atoms with van der Waals surface area (Å²) in [5.74, 6) is -0.212. The zero-order valence-electron chi connectivity index (χ0n) is 14.4. The molecule has 6 heteroatoms. The summed E-state index contributed by atoms with van der Waals surface area (Å²) in [6.45, 7) is 0.301. The number of carbonyl (C=O) groups excluding carboxylic acids is 2. The molecule has 4 nitrogen and oxygen atoms in total.